The van der Waals surface area contributed by atoms with Crippen molar-refractivity contribution in [2.24, 2.45) is 24.8 Å². The molecule has 0 spiro atoms. The minimum Gasteiger partial charge on any atom is -0.489 e. The lowest BCUT2D eigenvalue weighted by molar-refractivity contribution is 0.142. The first-order chi connectivity index (χ1) is 19.7. The Labute approximate surface area is 255 Å². The average Bonchev–Trinajstić information content (AvgIpc) is 3.28. The SMILES string of the molecule is CC(C)NC1CCC(C2C=C(OC(C)C)C(Nc3ncc(Cl)c(Nc4cn(C)nc4S(=O)(=O)C(C)C)n3)=CC2C)CC1. The van der Waals surface area contributed by atoms with Crippen molar-refractivity contribution in [3.8, 4) is 0 Å². The summed E-state index contributed by atoms with van der Waals surface area (Å²) in [7, 11) is -1.97. The molecule has 1 saturated carbocycles. The zero-order valence-electron chi connectivity index (χ0n) is 26.0. The summed E-state index contributed by atoms with van der Waals surface area (Å²) in [5, 5.41) is 13.8. The lowest BCUT2D eigenvalue weighted by atomic mass is 9.71. The van der Waals surface area contributed by atoms with Gasteiger partial charge in [-0.25, -0.2) is 13.4 Å². The Balaban J connectivity index is 1.55. The summed E-state index contributed by atoms with van der Waals surface area (Å²) in [6.07, 6.45) is 12.3. The van der Waals surface area contributed by atoms with Crippen molar-refractivity contribution in [3.05, 3.63) is 41.0 Å². The standard InChI is InChI=1S/C30H46ClN7O3S/c1-17(2)33-22-11-9-21(10-12-22)23-14-27(41-18(3)4)25(13-20(23)7)35-30-32-15-24(31)28(36-30)34-26-16-38(8)37-29(26)42(39,40)19(5)6/h13-23,33H,9-12H2,1-8H3,(H2,32,34,35,36). The number of ether oxygens (including phenoxy) is 1. The number of rotatable bonds is 11. The van der Waals surface area contributed by atoms with E-state index in [9.17, 15) is 8.42 Å². The van der Waals surface area contributed by atoms with E-state index in [-0.39, 0.29) is 22.0 Å². The van der Waals surface area contributed by atoms with Gasteiger partial charge in [0.1, 0.15) is 10.8 Å². The van der Waals surface area contributed by atoms with Crippen molar-refractivity contribution >= 4 is 38.9 Å². The summed E-state index contributed by atoms with van der Waals surface area (Å²) in [5.74, 6) is 2.67. The van der Waals surface area contributed by atoms with E-state index < -0.39 is 15.1 Å². The fourth-order valence-electron chi connectivity index (χ4n) is 5.79. The van der Waals surface area contributed by atoms with Gasteiger partial charge in [0, 0.05) is 25.3 Å². The molecule has 12 heteroatoms. The molecular weight excluding hydrogens is 574 g/mol. The average molecular weight is 620 g/mol. The molecule has 2 aromatic rings. The van der Waals surface area contributed by atoms with E-state index in [1.165, 1.54) is 36.6 Å². The summed E-state index contributed by atoms with van der Waals surface area (Å²) >= 11 is 6.44. The van der Waals surface area contributed by atoms with Crippen LogP contribution >= 0.6 is 11.6 Å². The van der Waals surface area contributed by atoms with Crippen molar-refractivity contribution in [1.29, 1.82) is 0 Å². The number of hydrogen-bond acceptors (Lipinski definition) is 9. The maximum atomic E-state index is 12.9. The van der Waals surface area contributed by atoms with Crippen LogP contribution in [0.25, 0.3) is 0 Å². The summed E-state index contributed by atoms with van der Waals surface area (Å²) in [6, 6.07) is 1.11. The van der Waals surface area contributed by atoms with E-state index in [1.54, 1.807) is 27.1 Å². The van der Waals surface area contributed by atoms with E-state index in [0.29, 0.717) is 41.5 Å². The number of anilines is 3. The third kappa shape index (κ3) is 7.65. The van der Waals surface area contributed by atoms with E-state index in [4.69, 9.17) is 16.3 Å². The zero-order chi connectivity index (χ0) is 30.8. The zero-order valence-corrected chi connectivity index (χ0v) is 27.6. The lowest BCUT2D eigenvalue weighted by Crippen LogP contribution is -2.39. The normalized spacial score (nSPS) is 23.2. The molecule has 3 N–H and O–H groups in total. The Morgan fingerprint density at radius 3 is 2.36 bits per heavy atom. The number of allylic oxidation sites excluding steroid dienone is 2. The molecule has 0 aromatic carbocycles. The summed E-state index contributed by atoms with van der Waals surface area (Å²) < 4.78 is 33.5. The number of hydrogen-bond donors (Lipinski definition) is 3. The second kappa shape index (κ2) is 13.3. The lowest BCUT2D eigenvalue weighted by Gasteiger charge is -2.38. The van der Waals surface area contributed by atoms with E-state index in [1.807, 2.05) is 13.8 Å². The van der Waals surface area contributed by atoms with Crippen molar-refractivity contribution in [3.63, 3.8) is 0 Å². The fraction of sp³-hybridized carbons (Fsp3) is 0.633. The van der Waals surface area contributed by atoms with Crippen LogP contribution in [0.4, 0.5) is 17.5 Å². The van der Waals surface area contributed by atoms with E-state index in [2.05, 4.69) is 63.9 Å². The molecule has 42 heavy (non-hydrogen) atoms. The third-order valence-electron chi connectivity index (χ3n) is 7.82. The molecule has 10 nitrogen and oxygen atoms in total. The van der Waals surface area contributed by atoms with Crippen molar-refractivity contribution < 1.29 is 13.2 Å². The molecule has 0 aliphatic heterocycles. The molecule has 2 aliphatic rings. The van der Waals surface area contributed by atoms with Gasteiger partial charge < -0.3 is 20.7 Å². The fourth-order valence-corrected chi connectivity index (χ4v) is 7.03. The molecule has 232 valence electrons. The van der Waals surface area contributed by atoms with E-state index in [0.717, 1.165) is 11.5 Å². The van der Waals surface area contributed by atoms with Gasteiger partial charge in [-0.05, 0) is 77.2 Å². The Morgan fingerprint density at radius 2 is 1.74 bits per heavy atom. The summed E-state index contributed by atoms with van der Waals surface area (Å²) in [6.45, 7) is 14.0. The number of aromatic nitrogens is 4. The molecule has 2 heterocycles. The molecule has 2 atom stereocenters. The minimum absolute atomic E-state index is 0.00300. The molecule has 0 amide bonds. The summed E-state index contributed by atoms with van der Waals surface area (Å²) in [5.41, 5.74) is 1.11. The van der Waals surface area contributed by atoms with Crippen LogP contribution in [-0.2, 0) is 21.6 Å². The topological polar surface area (TPSA) is 123 Å². The molecule has 2 unspecified atom stereocenters. The number of sulfone groups is 1. The second-order valence-corrected chi connectivity index (χ2v) is 15.2. The van der Waals surface area contributed by atoms with Gasteiger partial charge in [0.15, 0.2) is 5.82 Å². The molecule has 0 bridgehead atoms. The Hall–Kier alpha value is -2.63. The van der Waals surface area contributed by atoms with Crippen LogP contribution < -0.4 is 16.0 Å². The third-order valence-corrected chi connectivity index (χ3v) is 10.2. The van der Waals surface area contributed by atoms with Crippen LogP contribution in [-0.4, -0.2) is 51.6 Å². The number of nitrogens with one attached hydrogen (secondary N) is 3. The van der Waals surface area contributed by atoms with Gasteiger partial charge in [-0.15, -0.1) is 0 Å². The van der Waals surface area contributed by atoms with Crippen molar-refractivity contribution in [2.45, 2.75) is 103 Å². The first-order valence-corrected chi connectivity index (χ1v) is 16.9. The van der Waals surface area contributed by atoms with Gasteiger partial charge in [-0.3, -0.25) is 4.68 Å². The largest absolute Gasteiger partial charge is 0.489 e. The Kier molecular flexibility index (Phi) is 10.3. The van der Waals surface area contributed by atoms with Gasteiger partial charge in [0.05, 0.1) is 28.9 Å². The molecule has 2 aliphatic carbocycles. The highest BCUT2D eigenvalue weighted by atomic mass is 35.5. The van der Waals surface area contributed by atoms with Crippen LogP contribution in [0.3, 0.4) is 0 Å². The molecule has 0 radical (unpaired) electrons. The quantitative estimate of drug-likeness (QED) is 0.269. The van der Waals surface area contributed by atoms with E-state index >= 15 is 0 Å². The molecule has 2 aromatic heterocycles. The van der Waals surface area contributed by atoms with Gasteiger partial charge in [-0.1, -0.05) is 38.4 Å². The predicted molar refractivity (Wildman–Crippen MR) is 169 cm³/mol. The first-order valence-electron chi connectivity index (χ1n) is 14.9. The second-order valence-electron chi connectivity index (χ2n) is 12.4. The van der Waals surface area contributed by atoms with Crippen LogP contribution in [0.5, 0.6) is 0 Å². The predicted octanol–water partition coefficient (Wildman–Crippen LogP) is 6.22. The van der Waals surface area contributed by atoms with Crippen LogP contribution in [0.15, 0.2) is 41.0 Å². The summed E-state index contributed by atoms with van der Waals surface area (Å²) in [4.78, 5) is 8.99. The molecular formula is C30H46ClN7O3S. The van der Waals surface area contributed by atoms with Crippen LogP contribution in [0, 0.1) is 17.8 Å². The highest BCUT2D eigenvalue weighted by Gasteiger charge is 2.33. The van der Waals surface area contributed by atoms with Crippen molar-refractivity contribution in [2.75, 3.05) is 10.6 Å². The highest BCUT2D eigenvalue weighted by molar-refractivity contribution is 7.92. The van der Waals surface area contributed by atoms with Crippen LogP contribution in [0.1, 0.15) is 74.1 Å². The van der Waals surface area contributed by atoms with Gasteiger partial charge in [-0.2, -0.15) is 10.1 Å². The maximum Gasteiger partial charge on any atom is 0.229 e. The first kappa shape index (κ1) is 32.3. The number of nitrogens with zero attached hydrogens (tertiary/aromatic N) is 4. The number of aryl methyl sites for hydroxylation is 1. The maximum absolute atomic E-state index is 12.9. The molecule has 1 fully saturated rings. The Bertz CT molecular complexity index is 1410. The van der Waals surface area contributed by atoms with Gasteiger partial charge >= 0.3 is 0 Å². The van der Waals surface area contributed by atoms with Gasteiger partial charge in [0.25, 0.3) is 0 Å². The van der Waals surface area contributed by atoms with Gasteiger partial charge in [0.2, 0.25) is 20.8 Å². The highest BCUT2D eigenvalue weighted by Crippen LogP contribution is 2.40. The molecule has 4 rings (SSSR count). The van der Waals surface area contributed by atoms with Crippen LogP contribution in [0.2, 0.25) is 5.02 Å². The number of halogens is 1. The Morgan fingerprint density at radius 1 is 1.05 bits per heavy atom. The van der Waals surface area contributed by atoms with Crippen molar-refractivity contribution in [1.82, 2.24) is 25.1 Å². The smallest absolute Gasteiger partial charge is 0.229 e. The monoisotopic (exact) mass is 619 g/mol. The minimum atomic E-state index is -3.63. The molecule has 0 saturated heterocycles.